The topological polar surface area (TPSA) is 32.3 Å². The summed E-state index contributed by atoms with van der Waals surface area (Å²) in [5.41, 5.74) is 1.24. The fourth-order valence-corrected chi connectivity index (χ4v) is 2.37. The van der Waals surface area contributed by atoms with Crippen molar-refractivity contribution in [1.82, 2.24) is 5.32 Å². The van der Waals surface area contributed by atoms with Gasteiger partial charge in [-0.25, -0.2) is 4.39 Å². The van der Waals surface area contributed by atoms with E-state index in [1.54, 1.807) is 11.0 Å². The van der Waals surface area contributed by atoms with Crippen LogP contribution in [0.2, 0.25) is 0 Å². The number of carbonyl (C=O) groups excluding carboxylic acids is 1. The van der Waals surface area contributed by atoms with Crippen molar-refractivity contribution in [2.45, 2.75) is 32.7 Å². The molecule has 3 nitrogen and oxygen atoms in total. The minimum atomic E-state index is -0.320. The predicted octanol–water partition coefficient (Wildman–Crippen LogP) is 2.24. The first kappa shape index (κ1) is 13.0. The Kier molecular flexibility index (Phi) is 3.97. The Morgan fingerprint density at radius 3 is 2.94 bits per heavy atom. The second-order valence-corrected chi connectivity index (χ2v) is 4.69. The Morgan fingerprint density at radius 1 is 1.50 bits per heavy atom. The van der Waals surface area contributed by atoms with E-state index in [0.29, 0.717) is 12.2 Å². The highest BCUT2D eigenvalue weighted by Gasteiger charge is 2.33. The van der Waals surface area contributed by atoms with Crippen LogP contribution in [-0.2, 0) is 4.79 Å². The van der Waals surface area contributed by atoms with E-state index < -0.39 is 0 Å². The summed E-state index contributed by atoms with van der Waals surface area (Å²) in [6.07, 6.45) is 1.73. The minimum absolute atomic E-state index is 0.0170. The third-order valence-corrected chi connectivity index (χ3v) is 3.30. The number of carbonyl (C=O) groups is 1. The van der Waals surface area contributed by atoms with Gasteiger partial charge >= 0.3 is 0 Å². The van der Waals surface area contributed by atoms with E-state index in [1.807, 2.05) is 13.0 Å². The molecule has 0 spiro atoms. The number of anilines is 1. The van der Waals surface area contributed by atoms with Gasteiger partial charge in [-0.05, 0) is 37.9 Å². The van der Waals surface area contributed by atoms with E-state index >= 15 is 0 Å². The van der Waals surface area contributed by atoms with Gasteiger partial charge in [0.15, 0.2) is 0 Å². The quantitative estimate of drug-likeness (QED) is 0.888. The van der Waals surface area contributed by atoms with Crippen LogP contribution in [0.1, 0.15) is 25.3 Å². The molecule has 0 saturated carbocycles. The number of rotatable bonds is 4. The molecule has 0 bridgehead atoms. The van der Waals surface area contributed by atoms with E-state index in [4.69, 9.17) is 0 Å². The number of aryl methyl sites for hydroxylation is 1. The summed E-state index contributed by atoms with van der Waals surface area (Å²) in [5.74, 6) is -0.337. The molecule has 1 heterocycles. The molecule has 2 rings (SSSR count). The number of amides is 1. The Bertz CT molecular complexity index is 427. The van der Waals surface area contributed by atoms with Crippen molar-refractivity contribution >= 4 is 11.6 Å². The van der Waals surface area contributed by atoms with Gasteiger partial charge in [0.05, 0.1) is 11.7 Å². The minimum Gasteiger partial charge on any atom is -0.308 e. The monoisotopic (exact) mass is 250 g/mol. The smallest absolute Gasteiger partial charge is 0.244 e. The van der Waals surface area contributed by atoms with Crippen LogP contribution in [0.15, 0.2) is 18.2 Å². The fourth-order valence-electron chi connectivity index (χ4n) is 2.37. The van der Waals surface area contributed by atoms with Gasteiger partial charge in [0.2, 0.25) is 5.91 Å². The van der Waals surface area contributed by atoms with E-state index in [9.17, 15) is 9.18 Å². The lowest BCUT2D eigenvalue weighted by Gasteiger charge is -2.20. The molecule has 1 N–H and O–H groups in total. The van der Waals surface area contributed by atoms with Gasteiger partial charge in [-0.3, -0.25) is 4.79 Å². The number of hydrogen-bond donors (Lipinski definition) is 1. The molecule has 1 aromatic carbocycles. The molecule has 1 unspecified atom stereocenters. The lowest BCUT2D eigenvalue weighted by atomic mass is 10.1. The maximum absolute atomic E-state index is 13.8. The van der Waals surface area contributed by atoms with Crippen molar-refractivity contribution < 1.29 is 9.18 Å². The number of nitrogens with one attached hydrogen (secondary N) is 1. The fraction of sp³-hybridized carbons (Fsp3) is 0.500. The van der Waals surface area contributed by atoms with Crippen LogP contribution in [0.4, 0.5) is 10.1 Å². The molecule has 18 heavy (non-hydrogen) atoms. The number of halogens is 1. The largest absolute Gasteiger partial charge is 0.308 e. The van der Waals surface area contributed by atoms with Crippen molar-refractivity contribution in [3.63, 3.8) is 0 Å². The molecule has 1 saturated heterocycles. The van der Waals surface area contributed by atoms with Gasteiger partial charge in [0.1, 0.15) is 5.82 Å². The number of benzene rings is 1. The lowest BCUT2D eigenvalue weighted by molar-refractivity contribution is -0.118. The maximum Gasteiger partial charge on any atom is 0.244 e. The summed E-state index contributed by atoms with van der Waals surface area (Å²) >= 11 is 0. The second kappa shape index (κ2) is 5.48. The molecule has 1 aromatic rings. The van der Waals surface area contributed by atoms with Crippen LogP contribution < -0.4 is 10.2 Å². The van der Waals surface area contributed by atoms with Crippen LogP contribution in [0.3, 0.4) is 0 Å². The molecule has 0 aromatic heterocycles. The average Bonchev–Trinajstić information content (AvgIpc) is 2.69. The van der Waals surface area contributed by atoms with E-state index in [-0.39, 0.29) is 17.8 Å². The van der Waals surface area contributed by atoms with Gasteiger partial charge in [-0.2, -0.15) is 0 Å². The maximum atomic E-state index is 13.8. The van der Waals surface area contributed by atoms with Crippen LogP contribution in [-0.4, -0.2) is 25.0 Å². The molecule has 1 amide bonds. The molecule has 1 aliphatic heterocycles. The standard InChI is InChI=1S/C14H19FN2O/c1-3-8-16-12-7-9-17(14(12)18)13-10(2)5-4-6-11(13)15/h4-6,12,16H,3,7-9H2,1-2H3. The first-order valence-corrected chi connectivity index (χ1v) is 6.45. The first-order chi connectivity index (χ1) is 8.65. The van der Waals surface area contributed by atoms with Crippen molar-refractivity contribution in [2.75, 3.05) is 18.0 Å². The van der Waals surface area contributed by atoms with Crippen LogP contribution in [0.25, 0.3) is 0 Å². The summed E-state index contributed by atoms with van der Waals surface area (Å²) in [6, 6.07) is 4.74. The molecule has 98 valence electrons. The molecular weight excluding hydrogens is 231 g/mol. The summed E-state index contributed by atoms with van der Waals surface area (Å²) in [4.78, 5) is 13.8. The van der Waals surface area contributed by atoms with Gasteiger partial charge in [-0.15, -0.1) is 0 Å². The molecule has 1 fully saturated rings. The summed E-state index contributed by atoms with van der Waals surface area (Å²) < 4.78 is 13.8. The summed E-state index contributed by atoms with van der Waals surface area (Å²) in [5, 5.41) is 3.21. The van der Waals surface area contributed by atoms with Crippen molar-refractivity contribution in [2.24, 2.45) is 0 Å². The van der Waals surface area contributed by atoms with Crippen LogP contribution in [0, 0.1) is 12.7 Å². The zero-order chi connectivity index (χ0) is 13.1. The van der Waals surface area contributed by atoms with Crippen LogP contribution in [0.5, 0.6) is 0 Å². The summed E-state index contributed by atoms with van der Waals surface area (Å²) in [7, 11) is 0. The lowest BCUT2D eigenvalue weighted by Crippen LogP contribution is -2.39. The second-order valence-electron chi connectivity index (χ2n) is 4.69. The third kappa shape index (κ3) is 2.38. The predicted molar refractivity (Wildman–Crippen MR) is 70.2 cm³/mol. The zero-order valence-electron chi connectivity index (χ0n) is 10.9. The Hall–Kier alpha value is -1.42. The van der Waals surface area contributed by atoms with E-state index in [0.717, 1.165) is 24.9 Å². The molecular formula is C14H19FN2O. The highest BCUT2D eigenvalue weighted by atomic mass is 19.1. The number of nitrogens with zero attached hydrogens (tertiary/aromatic N) is 1. The average molecular weight is 250 g/mol. The molecule has 1 atom stereocenters. The normalized spacial score (nSPS) is 19.6. The molecule has 0 radical (unpaired) electrons. The molecule has 1 aliphatic rings. The van der Waals surface area contributed by atoms with Crippen molar-refractivity contribution in [3.8, 4) is 0 Å². The van der Waals surface area contributed by atoms with Gasteiger partial charge < -0.3 is 10.2 Å². The Labute approximate surface area is 107 Å². The van der Waals surface area contributed by atoms with Crippen molar-refractivity contribution in [1.29, 1.82) is 0 Å². The summed E-state index contributed by atoms with van der Waals surface area (Å²) in [6.45, 7) is 5.30. The zero-order valence-corrected chi connectivity index (χ0v) is 10.9. The van der Waals surface area contributed by atoms with E-state index in [1.165, 1.54) is 6.07 Å². The molecule has 0 aliphatic carbocycles. The highest BCUT2D eigenvalue weighted by molar-refractivity contribution is 6.00. The third-order valence-electron chi connectivity index (χ3n) is 3.30. The van der Waals surface area contributed by atoms with Gasteiger partial charge in [-0.1, -0.05) is 19.1 Å². The van der Waals surface area contributed by atoms with Gasteiger partial charge in [0.25, 0.3) is 0 Å². The van der Waals surface area contributed by atoms with Crippen LogP contribution >= 0.6 is 0 Å². The van der Waals surface area contributed by atoms with E-state index in [2.05, 4.69) is 12.2 Å². The first-order valence-electron chi connectivity index (χ1n) is 6.45. The Balaban J connectivity index is 2.18. The number of hydrogen-bond acceptors (Lipinski definition) is 2. The van der Waals surface area contributed by atoms with Crippen molar-refractivity contribution in [3.05, 3.63) is 29.6 Å². The SMILES string of the molecule is CCCNC1CCN(c2c(C)cccc2F)C1=O. The van der Waals surface area contributed by atoms with Gasteiger partial charge in [0, 0.05) is 6.54 Å². The number of para-hydroxylation sites is 1. The highest BCUT2D eigenvalue weighted by Crippen LogP contribution is 2.28. The molecule has 4 heteroatoms. The Morgan fingerprint density at radius 2 is 2.28 bits per heavy atom.